The molecule has 1 N–H and O–H groups in total. The van der Waals surface area contributed by atoms with Gasteiger partial charge in [0, 0.05) is 6.04 Å². The number of hydrogen-bond donors (Lipinski definition) is 1. The van der Waals surface area contributed by atoms with Crippen molar-refractivity contribution in [2.75, 3.05) is 12.3 Å². The van der Waals surface area contributed by atoms with Crippen LogP contribution in [0.4, 0.5) is 0 Å². The van der Waals surface area contributed by atoms with E-state index in [0.29, 0.717) is 10.9 Å². The summed E-state index contributed by atoms with van der Waals surface area (Å²) in [5.74, 6) is 0.253. The van der Waals surface area contributed by atoms with E-state index in [2.05, 4.69) is 5.32 Å². The lowest BCUT2D eigenvalue weighted by molar-refractivity contribution is 0.586. The molecule has 0 unspecified atom stereocenters. The molecule has 1 saturated carbocycles. The maximum atomic E-state index is 11.9. The minimum Gasteiger partial charge on any atom is -0.314 e. The van der Waals surface area contributed by atoms with Gasteiger partial charge in [-0.2, -0.15) is 0 Å². The first-order valence-corrected chi connectivity index (χ1v) is 7.85. The molecule has 1 aliphatic rings. The highest BCUT2D eigenvalue weighted by Gasteiger charge is 2.19. The van der Waals surface area contributed by atoms with Crippen LogP contribution in [0.3, 0.4) is 0 Å². The van der Waals surface area contributed by atoms with E-state index in [9.17, 15) is 8.42 Å². The van der Waals surface area contributed by atoms with Crippen LogP contribution in [-0.4, -0.2) is 26.8 Å². The fraction of sp³-hybridized carbons (Fsp3) is 0.538. The molecule has 1 aromatic rings. The summed E-state index contributed by atoms with van der Waals surface area (Å²) >= 11 is 0. The molecule has 0 spiro atoms. The average molecular weight is 253 g/mol. The molecule has 1 aromatic carbocycles. The summed E-state index contributed by atoms with van der Waals surface area (Å²) in [4.78, 5) is 0.440. The molecule has 1 fully saturated rings. The van der Waals surface area contributed by atoms with E-state index in [1.54, 1.807) is 24.3 Å². The third kappa shape index (κ3) is 4.13. The van der Waals surface area contributed by atoms with Gasteiger partial charge in [-0.3, -0.25) is 0 Å². The zero-order valence-electron chi connectivity index (χ0n) is 9.93. The van der Waals surface area contributed by atoms with Gasteiger partial charge in [-0.25, -0.2) is 8.42 Å². The highest BCUT2D eigenvalue weighted by atomic mass is 32.2. The van der Waals surface area contributed by atoms with Gasteiger partial charge in [-0.1, -0.05) is 18.2 Å². The van der Waals surface area contributed by atoms with E-state index in [1.165, 1.54) is 12.8 Å². The molecule has 0 radical (unpaired) electrons. The largest absolute Gasteiger partial charge is 0.314 e. The quantitative estimate of drug-likeness (QED) is 0.756. The van der Waals surface area contributed by atoms with Crippen LogP contribution in [0.2, 0.25) is 0 Å². The molecule has 0 aromatic heterocycles. The van der Waals surface area contributed by atoms with Gasteiger partial charge in [0.05, 0.1) is 10.6 Å². The fourth-order valence-electron chi connectivity index (χ4n) is 1.76. The second-order valence-corrected chi connectivity index (χ2v) is 6.68. The summed E-state index contributed by atoms with van der Waals surface area (Å²) in [6, 6.07) is 9.40. The van der Waals surface area contributed by atoms with Gasteiger partial charge < -0.3 is 5.32 Å². The molecule has 4 heteroatoms. The molecule has 94 valence electrons. The Morgan fingerprint density at radius 1 is 1.12 bits per heavy atom. The Labute approximate surface area is 103 Å². The van der Waals surface area contributed by atoms with Gasteiger partial charge in [-0.05, 0) is 44.4 Å². The van der Waals surface area contributed by atoms with Crippen LogP contribution in [0.25, 0.3) is 0 Å². The van der Waals surface area contributed by atoms with Crippen molar-refractivity contribution >= 4 is 9.84 Å². The van der Waals surface area contributed by atoms with E-state index in [1.807, 2.05) is 6.07 Å². The third-order valence-electron chi connectivity index (χ3n) is 2.95. The van der Waals surface area contributed by atoms with Crippen molar-refractivity contribution in [3.8, 4) is 0 Å². The lowest BCUT2D eigenvalue weighted by atomic mass is 10.3. The summed E-state index contributed by atoms with van der Waals surface area (Å²) in [5.41, 5.74) is 0. The third-order valence-corrected chi connectivity index (χ3v) is 4.77. The van der Waals surface area contributed by atoms with Crippen molar-refractivity contribution in [2.24, 2.45) is 0 Å². The normalized spacial score (nSPS) is 16.0. The van der Waals surface area contributed by atoms with Gasteiger partial charge in [0.1, 0.15) is 0 Å². The second kappa shape index (κ2) is 5.65. The number of hydrogen-bond acceptors (Lipinski definition) is 3. The molecule has 0 heterocycles. The van der Waals surface area contributed by atoms with Crippen molar-refractivity contribution in [1.29, 1.82) is 0 Å². The Balaban J connectivity index is 1.73. The highest BCUT2D eigenvalue weighted by Crippen LogP contribution is 2.18. The summed E-state index contributed by atoms with van der Waals surface area (Å²) in [6.45, 7) is 0.939. The van der Waals surface area contributed by atoms with Crippen LogP contribution < -0.4 is 5.32 Å². The Bertz CT molecular complexity index is 438. The molecule has 0 saturated heterocycles. The van der Waals surface area contributed by atoms with Gasteiger partial charge in [-0.15, -0.1) is 0 Å². The molecule has 0 aliphatic heterocycles. The van der Waals surface area contributed by atoms with E-state index in [4.69, 9.17) is 0 Å². The lowest BCUT2D eigenvalue weighted by Crippen LogP contribution is -2.18. The van der Waals surface area contributed by atoms with Crippen molar-refractivity contribution < 1.29 is 8.42 Å². The number of benzene rings is 1. The first-order valence-electron chi connectivity index (χ1n) is 6.20. The van der Waals surface area contributed by atoms with Crippen LogP contribution >= 0.6 is 0 Å². The van der Waals surface area contributed by atoms with Gasteiger partial charge in [0.15, 0.2) is 9.84 Å². The Morgan fingerprint density at radius 2 is 1.82 bits per heavy atom. The maximum absolute atomic E-state index is 11.9. The molecule has 2 rings (SSSR count). The van der Waals surface area contributed by atoms with E-state index < -0.39 is 9.84 Å². The van der Waals surface area contributed by atoms with Crippen molar-refractivity contribution in [3.63, 3.8) is 0 Å². The molecule has 1 aliphatic carbocycles. The van der Waals surface area contributed by atoms with E-state index in [-0.39, 0.29) is 5.75 Å². The minimum atomic E-state index is -3.07. The van der Waals surface area contributed by atoms with E-state index >= 15 is 0 Å². The number of unbranched alkanes of at least 4 members (excludes halogenated alkanes) is 1. The Morgan fingerprint density at radius 3 is 2.47 bits per heavy atom. The van der Waals surface area contributed by atoms with E-state index in [0.717, 1.165) is 19.4 Å². The van der Waals surface area contributed by atoms with Crippen molar-refractivity contribution in [2.45, 2.75) is 36.6 Å². The molecule has 0 bridgehead atoms. The number of nitrogens with one attached hydrogen (secondary N) is 1. The van der Waals surface area contributed by atoms with Gasteiger partial charge in [0.2, 0.25) is 0 Å². The Hall–Kier alpha value is -0.870. The summed E-state index contributed by atoms with van der Waals surface area (Å²) in [5, 5.41) is 3.39. The molecular formula is C13H19NO2S. The fourth-order valence-corrected chi connectivity index (χ4v) is 3.15. The zero-order chi connectivity index (χ0) is 12.1. The predicted molar refractivity (Wildman–Crippen MR) is 68.8 cm³/mol. The van der Waals surface area contributed by atoms with Crippen molar-refractivity contribution in [3.05, 3.63) is 30.3 Å². The second-order valence-electron chi connectivity index (χ2n) is 4.57. The van der Waals surface area contributed by atoms with Crippen LogP contribution in [0.5, 0.6) is 0 Å². The highest BCUT2D eigenvalue weighted by molar-refractivity contribution is 7.91. The van der Waals surface area contributed by atoms with Crippen molar-refractivity contribution in [1.82, 2.24) is 5.32 Å². The predicted octanol–water partition coefficient (Wildman–Crippen LogP) is 1.99. The Kier molecular flexibility index (Phi) is 4.18. The van der Waals surface area contributed by atoms with Crippen LogP contribution in [0.15, 0.2) is 35.2 Å². The van der Waals surface area contributed by atoms with Gasteiger partial charge in [0.25, 0.3) is 0 Å². The molecule has 17 heavy (non-hydrogen) atoms. The first kappa shape index (κ1) is 12.6. The number of rotatable bonds is 7. The maximum Gasteiger partial charge on any atom is 0.178 e. The smallest absolute Gasteiger partial charge is 0.178 e. The molecular weight excluding hydrogens is 234 g/mol. The van der Waals surface area contributed by atoms with Crippen LogP contribution in [0, 0.1) is 0 Å². The zero-order valence-corrected chi connectivity index (χ0v) is 10.7. The monoisotopic (exact) mass is 253 g/mol. The summed E-state index contributed by atoms with van der Waals surface area (Å²) in [7, 11) is -3.07. The SMILES string of the molecule is O=S(=O)(CCCCNC1CC1)c1ccccc1. The topological polar surface area (TPSA) is 46.2 Å². The molecule has 0 amide bonds. The summed E-state index contributed by atoms with van der Waals surface area (Å²) in [6.07, 6.45) is 4.23. The van der Waals surface area contributed by atoms with Crippen LogP contribution in [-0.2, 0) is 9.84 Å². The van der Waals surface area contributed by atoms with Gasteiger partial charge >= 0.3 is 0 Å². The summed E-state index contributed by atoms with van der Waals surface area (Å²) < 4.78 is 23.8. The molecule has 3 nitrogen and oxygen atoms in total. The lowest BCUT2D eigenvalue weighted by Gasteiger charge is -2.05. The minimum absolute atomic E-state index is 0.253. The standard InChI is InChI=1S/C13H19NO2S/c15-17(16,13-6-2-1-3-7-13)11-5-4-10-14-12-8-9-12/h1-3,6-7,12,14H,4-5,8-11H2. The first-order chi connectivity index (χ1) is 8.18. The number of sulfone groups is 1. The van der Waals surface area contributed by atoms with Crippen LogP contribution in [0.1, 0.15) is 25.7 Å². The average Bonchev–Trinajstić information content (AvgIpc) is 3.14. The molecule has 0 atom stereocenters.